The van der Waals surface area contributed by atoms with Crippen molar-refractivity contribution in [3.05, 3.63) is 33.5 Å². The quantitative estimate of drug-likeness (QED) is 0.459. The second-order valence-electron chi connectivity index (χ2n) is 2.20. The van der Waals surface area contributed by atoms with Crippen molar-refractivity contribution in [3.8, 4) is 6.07 Å². The molecule has 0 aliphatic rings. The highest BCUT2D eigenvalue weighted by Gasteiger charge is 2.11. The molecule has 0 radical (unpaired) electrons. The minimum atomic E-state index is -0.625. The summed E-state index contributed by atoms with van der Waals surface area (Å²) in [5.41, 5.74) is 0.743. The molecule has 0 aliphatic carbocycles. The molecule has 0 bridgehead atoms. The molecule has 1 aromatic rings. The molecule has 0 aromatic carbocycles. The molecule has 12 heavy (non-hydrogen) atoms. The summed E-state index contributed by atoms with van der Waals surface area (Å²) in [6.07, 6.45) is 0. The van der Waals surface area contributed by atoms with Crippen molar-refractivity contribution in [2.24, 2.45) is 0 Å². The van der Waals surface area contributed by atoms with Gasteiger partial charge in [0.25, 0.3) is 5.69 Å². The predicted octanol–water partition coefficient (Wildman–Crippen LogP) is 1.17. The van der Waals surface area contributed by atoms with E-state index in [0.29, 0.717) is 5.56 Å². The summed E-state index contributed by atoms with van der Waals surface area (Å²) in [5.74, 6) is -0.294. The molecule has 0 saturated heterocycles. The lowest BCUT2D eigenvalue weighted by Crippen LogP contribution is -1.95. The smallest absolute Gasteiger partial charge is 0.358 e. The van der Waals surface area contributed by atoms with E-state index in [2.05, 4.69) is 4.98 Å². The van der Waals surface area contributed by atoms with Crippen LogP contribution < -0.4 is 0 Å². The first-order valence-corrected chi connectivity index (χ1v) is 3.17. The van der Waals surface area contributed by atoms with Gasteiger partial charge in [-0.2, -0.15) is 5.26 Å². The summed E-state index contributed by atoms with van der Waals surface area (Å²) in [6, 6.07) is 4.55. The zero-order valence-electron chi connectivity index (χ0n) is 6.31. The monoisotopic (exact) mass is 163 g/mol. The van der Waals surface area contributed by atoms with E-state index in [9.17, 15) is 10.1 Å². The van der Waals surface area contributed by atoms with Crippen molar-refractivity contribution in [1.82, 2.24) is 4.98 Å². The van der Waals surface area contributed by atoms with Crippen molar-refractivity contribution >= 4 is 5.82 Å². The Bertz CT molecular complexity index is 367. The van der Waals surface area contributed by atoms with Crippen molar-refractivity contribution in [1.29, 1.82) is 5.26 Å². The Morgan fingerprint density at radius 3 is 2.83 bits per heavy atom. The van der Waals surface area contributed by atoms with Crippen LogP contribution in [-0.4, -0.2) is 9.91 Å². The number of rotatable bonds is 1. The lowest BCUT2D eigenvalue weighted by molar-refractivity contribution is -0.389. The molecule has 0 spiro atoms. The van der Waals surface area contributed by atoms with E-state index in [4.69, 9.17) is 5.26 Å². The van der Waals surface area contributed by atoms with E-state index in [1.807, 2.05) is 0 Å². The minimum Gasteiger partial charge on any atom is -0.358 e. The molecule has 1 heterocycles. The topological polar surface area (TPSA) is 79.8 Å². The van der Waals surface area contributed by atoms with Crippen molar-refractivity contribution < 1.29 is 4.92 Å². The summed E-state index contributed by atoms with van der Waals surface area (Å²) in [7, 11) is 0. The van der Waals surface area contributed by atoms with Crippen LogP contribution in [0.25, 0.3) is 0 Å². The molecule has 0 unspecified atom stereocenters. The third-order valence-corrected chi connectivity index (χ3v) is 1.38. The number of nitrogens with zero attached hydrogens (tertiary/aromatic N) is 3. The first-order chi connectivity index (χ1) is 5.65. The maximum Gasteiger partial charge on any atom is 0.364 e. The number of nitriles is 1. The predicted molar refractivity (Wildman–Crippen MR) is 40.3 cm³/mol. The van der Waals surface area contributed by atoms with Crippen LogP contribution in [0.2, 0.25) is 0 Å². The van der Waals surface area contributed by atoms with E-state index >= 15 is 0 Å². The Hall–Kier alpha value is -1.96. The Morgan fingerprint density at radius 2 is 2.33 bits per heavy atom. The van der Waals surface area contributed by atoms with Crippen LogP contribution in [0.15, 0.2) is 12.1 Å². The van der Waals surface area contributed by atoms with Gasteiger partial charge < -0.3 is 10.1 Å². The van der Waals surface area contributed by atoms with Gasteiger partial charge in [-0.1, -0.05) is 0 Å². The van der Waals surface area contributed by atoms with Crippen molar-refractivity contribution in [2.75, 3.05) is 0 Å². The molecule has 0 saturated carbocycles. The molecule has 0 N–H and O–H groups in total. The van der Waals surface area contributed by atoms with Gasteiger partial charge >= 0.3 is 5.82 Å². The van der Waals surface area contributed by atoms with E-state index in [0.717, 1.165) is 0 Å². The number of nitro groups is 1. The van der Waals surface area contributed by atoms with E-state index < -0.39 is 4.92 Å². The second kappa shape index (κ2) is 2.96. The van der Waals surface area contributed by atoms with Gasteiger partial charge in [0, 0.05) is 11.6 Å². The van der Waals surface area contributed by atoms with Crippen LogP contribution in [0.3, 0.4) is 0 Å². The fourth-order valence-electron chi connectivity index (χ4n) is 0.733. The normalized spacial score (nSPS) is 9.00. The number of pyridine rings is 1. The van der Waals surface area contributed by atoms with Crippen molar-refractivity contribution in [2.45, 2.75) is 6.92 Å². The number of hydrogen-bond donors (Lipinski definition) is 0. The maximum atomic E-state index is 10.2. The molecule has 0 aliphatic heterocycles. The number of aryl methyl sites for hydroxylation is 1. The summed E-state index contributed by atoms with van der Waals surface area (Å²) in [4.78, 5) is 13.1. The summed E-state index contributed by atoms with van der Waals surface area (Å²) >= 11 is 0. The Kier molecular flexibility index (Phi) is 2.01. The average molecular weight is 163 g/mol. The Labute approximate surface area is 68.4 Å². The van der Waals surface area contributed by atoms with Crippen LogP contribution in [0.1, 0.15) is 11.3 Å². The molecule has 0 atom stereocenters. The molecule has 1 rings (SSSR count). The fraction of sp³-hybridized carbons (Fsp3) is 0.143. The highest BCUT2D eigenvalue weighted by Crippen LogP contribution is 2.10. The lowest BCUT2D eigenvalue weighted by Gasteiger charge is -1.92. The number of aromatic nitrogens is 1. The Morgan fingerprint density at radius 1 is 1.67 bits per heavy atom. The van der Waals surface area contributed by atoms with Gasteiger partial charge in [0.05, 0.1) is 0 Å². The molecule has 1 aromatic heterocycles. The van der Waals surface area contributed by atoms with Crippen LogP contribution >= 0.6 is 0 Å². The molecular formula is C7H5N3O2. The Balaban J connectivity index is 3.25. The fourth-order valence-corrected chi connectivity index (χ4v) is 0.733. The highest BCUT2D eigenvalue weighted by atomic mass is 16.6. The highest BCUT2D eigenvalue weighted by molar-refractivity contribution is 5.35. The molecule has 5 heteroatoms. The van der Waals surface area contributed by atoms with Gasteiger partial charge in [0.15, 0.2) is 0 Å². The lowest BCUT2D eigenvalue weighted by atomic mass is 10.2. The molecule has 0 amide bonds. The summed E-state index contributed by atoms with van der Waals surface area (Å²) in [5, 5.41) is 18.7. The van der Waals surface area contributed by atoms with Crippen LogP contribution in [0.4, 0.5) is 5.82 Å². The van der Waals surface area contributed by atoms with E-state index in [-0.39, 0.29) is 11.5 Å². The second-order valence-corrected chi connectivity index (χ2v) is 2.20. The van der Waals surface area contributed by atoms with Gasteiger partial charge in [-0.05, 0) is 22.9 Å². The van der Waals surface area contributed by atoms with Gasteiger partial charge in [-0.15, -0.1) is 0 Å². The average Bonchev–Trinajstić information content (AvgIpc) is 2.05. The van der Waals surface area contributed by atoms with Crippen LogP contribution in [-0.2, 0) is 0 Å². The van der Waals surface area contributed by atoms with Gasteiger partial charge in [0.2, 0.25) is 0 Å². The third-order valence-electron chi connectivity index (χ3n) is 1.38. The molecular weight excluding hydrogens is 158 g/mol. The molecule has 60 valence electrons. The van der Waals surface area contributed by atoms with Gasteiger partial charge in [-0.3, -0.25) is 0 Å². The zero-order valence-corrected chi connectivity index (χ0v) is 6.31. The van der Waals surface area contributed by atoms with Gasteiger partial charge in [-0.25, -0.2) is 0 Å². The van der Waals surface area contributed by atoms with Crippen molar-refractivity contribution in [3.63, 3.8) is 0 Å². The van der Waals surface area contributed by atoms with Crippen LogP contribution in [0, 0.1) is 28.4 Å². The van der Waals surface area contributed by atoms with E-state index in [1.165, 1.54) is 12.1 Å². The molecule has 5 nitrogen and oxygen atoms in total. The van der Waals surface area contributed by atoms with Gasteiger partial charge in [0.1, 0.15) is 6.07 Å². The summed E-state index contributed by atoms with van der Waals surface area (Å²) < 4.78 is 0. The van der Waals surface area contributed by atoms with E-state index in [1.54, 1.807) is 13.0 Å². The molecule has 0 fully saturated rings. The zero-order chi connectivity index (χ0) is 9.14. The third kappa shape index (κ3) is 1.37. The first-order valence-electron chi connectivity index (χ1n) is 3.17. The maximum absolute atomic E-state index is 10.2. The SMILES string of the molecule is Cc1ccc([N+](=O)[O-])nc1C#N. The number of hydrogen-bond acceptors (Lipinski definition) is 4. The van der Waals surface area contributed by atoms with Crippen LogP contribution in [0.5, 0.6) is 0 Å². The first kappa shape index (κ1) is 8.14. The summed E-state index contributed by atoms with van der Waals surface area (Å²) in [6.45, 7) is 1.68. The minimum absolute atomic E-state index is 0.101. The largest absolute Gasteiger partial charge is 0.364 e. The standard InChI is InChI=1S/C7H5N3O2/c1-5-2-3-7(10(11)12)9-6(5)4-8/h2-3H,1H3.